The molecule has 1 aliphatic carbocycles. The number of nitrogens with zero attached hydrogens (tertiary/aromatic N) is 6. The van der Waals surface area contributed by atoms with Gasteiger partial charge in [-0.15, -0.1) is 0 Å². The molecule has 0 saturated heterocycles. The average Bonchev–Trinajstić information content (AvgIpc) is 3.89. The number of benzene rings is 5. The smallest absolute Gasteiger partial charge is 0.220 e. The van der Waals surface area contributed by atoms with E-state index >= 15 is 0 Å². The van der Waals surface area contributed by atoms with Gasteiger partial charge in [0.25, 0.3) is 0 Å². The molecule has 1 saturated carbocycles. The molecule has 0 radical (unpaired) electrons. The number of hydrogen-bond acceptors (Lipinski definition) is 2. The Morgan fingerprint density at radius 2 is 1.11 bits per heavy atom. The van der Waals surface area contributed by atoms with E-state index in [0.717, 1.165) is 87.0 Å². The van der Waals surface area contributed by atoms with E-state index < -0.39 is 12.7 Å². The van der Waals surface area contributed by atoms with E-state index in [1.165, 1.54) is 0 Å². The minimum atomic E-state index is -2.29. The molecule has 4 heterocycles. The Labute approximate surface area is 259 Å². The van der Waals surface area contributed by atoms with Gasteiger partial charge in [0.2, 0.25) is 11.6 Å². The Bertz CT molecular complexity index is 2750. The van der Waals surface area contributed by atoms with Crippen molar-refractivity contribution in [2.45, 2.75) is 38.4 Å². The van der Waals surface area contributed by atoms with Gasteiger partial charge in [-0.3, -0.25) is 17.9 Å². The summed E-state index contributed by atoms with van der Waals surface area (Å²) in [6.07, 6.45) is 3.85. The number of rotatable bonds is 3. The third-order valence-electron chi connectivity index (χ3n) is 9.40. The van der Waals surface area contributed by atoms with Gasteiger partial charge in [-0.1, -0.05) is 67.4 Å². The molecule has 4 aromatic heterocycles. The van der Waals surface area contributed by atoms with Crippen LogP contribution in [0.3, 0.4) is 0 Å². The molecule has 9 aromatic rings. The Kier molecular flexibility index (Phi) is 4.12. The van der Waals surface area contributed by atoms with Crippen LogP contribution in [-0.2, 0) is 0 Å². The van der Waals surface area contributed by atoms with Crippen LogP contribution in [0.4, 0.5) is 0 Å². The van der Waals surface area contributed by atoms with Crippen molar-refractivity contribution >= 4 is 55.7 Å². The molecule has 0 spiro atoms. The van der Waals surface area contributed by atoms with Crippen LogP contribution in [0.25, 0.3) is 67.1 Å². The number of aromatic nitrogens is 6. The van der Waals surface area contributed by atoms with E-state index in [0.29, 0.717) is 11.3 Å². The SMILES string of the molecule is [2H]C([2H])([2H])c1cccc2c1nc1n(-c3cccc(-n4c5ccccc5n5c6cccc(C7([2H])CCCC7)c6nc45)c3)c3ccccc3n21. The molecule has 44 heavy (non-hydrogen) atoms. The van der Waals surface area contributed by atoms with Crippen molar-refractivity contribution < 1.29 is 5.48 Å². The highest BCUT2D eigenvalue weighted by atomic mass is 15.2. The van der Waals surface area contributed by atoms with Crippen LogP contribution in [0.1, 0.15) is 48.2 Å². The monoisotopic (exact) mass is 574 g/mol. The van der Waals surface area contributed by atoms with Crippen LogP contribution in [0.15, 0.2) is 109 Å². The second-order valence-corrected chi connectivity index (χ2v) is 11.8. The predicted octanol–water partition coefficient (Wildman–Crippen LogP) is 9.14. The normalized spacial score (nSPS) is 16.8. The number of aryl methyl sites for hydroxylation is 1. The van der Waals surface area contributed by atoms with Gasteiger partial charge in [0.1, 0.15) is 0 Å². The first-order valence-corrected chi connectivity index (χ1v) is 15.2. The third-order valence-corrected chi connectivity index (χ3v) is 9.40. The van der Waals surface area contributed by atoms with Crippen molar-refractivity contribution in [1.82, 2.24) is 27.9 Å². The quantitative estimate of drug-likeness (QED) is 0.211. The summed E-state index contributed by atoms with van der Waals surface area (Å²) in [6.45, 7) is -2.29. The van der Waals surface area contributed by atoms with Gasteiger partial charge < -0.3 is 0 Å². The van der Waals surface area contributed by atoms with Crippen molar-refractivity contribution in [2.24, 2.45) is 0 Å². The second kappa shape index (κ2) is 8.83. The molecule has 6 nitrogen and oxygen atoms in total. The lowest BCUT2D eigenvalue weighted by molar-refractivity contribution is 0.728. The van der Waals surface area contributed by atoms with E-state index in [2.05, 4.69) is 84.7 Å². The first-order valence-electron chi connectivity index (χ1n) is 17.2. The maximum Gasteiger partial charge on any atom is 0.220 e. The maximum atomic E-state index is 9.34. The van der Waals surface area contributed by atoms with E-state index in [9.17, 15) is 1.37 Å². The summed E-state index contributed by atoms with van der Waals surface area (Å²) >= 11 is 0. The lowest BCUT2D eigenvalue weighted by atomic mass is 9.96. The van der Waals surface area contributed by atoms with Crippen LogP contribution in [-0.4, -0.2) is 27.9 Å². The van der Waals surface area contributed by atoms with E-state index in [1.54, 1.807) is 12.1 Å². The summed E-state index contributed by atoms with van der Waals surface area (Å²) in [5.41, 5.74) is 10.2. The number of hydrogen-bond donors (Lipinski definition) is 0. The van der Waals surface area contributed by atoms with Gasteiger partial charge in [-0.25, -0.2) is 9.97 Å². The Morgan fingerprint density at radius 1 is 0.591 bits per heavy atom. The van der Waals surface area contributed by atoms with Gasteiger partial charge in [0.15, 0.2) is 0 Å². The summed E-state index contributed by atoms with van der Waals surface area (Å²) in [6, 6.07) is 36.5. The van der Waals surface area contributed by atoms with Crippen molar-refractivity contribution in [1.29, 1.82) is 0 Å². The molecular weight excluding hydrogens is 540 g/mol. The zero-order valence-corrected chi connectivity index (χ0v) is 23.9. The molecule has 5 aromatic carbocycles. The molecular formula is C38H30N6. The van der Waals surface area contributed by atoms with Crippen LogP contribution >= 0.6 is 0 Å². The number of imidazole rings is 4. The van der Waals surface area contributed by atoms with Gasteiger partial charge in [-0.2, -0.15) is 0 Å². The molecule has 6 heteroatoms. The summed E-state index contributed by atoms with van der Waals surface area (Å²) < 4.78 is 42.4. The predicted molar refractivity (Wildman–Crippen MR) is 179 cm³/mol. The van der Waals surface area contributed by atoms with Crippen LogP contribution in [0.2, 0.25) is 0 Å². The highest BCUT2D eigenvalue weighted by Gasteiger charge is 2.24. The molecule has 1 fully saturated rings. The summed E-state index contributed by atoms with van der Waals surface area (Å²) in [5.74, 6) is 0.831. The summed E-state index contributed by atoms with van der Waals surface area (Å²) in [5, 5.41) is 0. The largest absolute Gasteiger partial charge is 0.278 e. The molecule has 0 amide bonds. The van der Waals surface area contributed by atoms with Gasteiger partial charge in [0.05, 0.1) is 55.5 Å². The molecule has 0 bridgehead atoms. The van der Waals surface area contributed by atoms with Gasteiger partial charge in [-0.05, 0) is 91.3 Å². The first kappa shape index (κ1) is 20.5. The van der Waals surface area contributed by atoms with Crippen LogP contribution < -0.4 is 0 Å². The molecule has 212 valence electrons. The zero-order valence-electron chi connectivity index (χ0n) is 27.9. The van der Waals surface area contributed by atoms with Gasteiger partial charge in [0, 0.05) is 5.48 Å². The van der Waals surface area contributed by atoms with Crippen molar-refractivity contribution in [3.63, 3.8) is 0 Å². The molecule has 0 aliphatic heterocycles. The fourth-order valence-electron chi connectivity index (χ4n) is 7.49. The Hall–Kier alpha value is -5.36. The summed E-state index contributed by atoms with van der Waals surface area (Å²) in [7, 11) is 0. The molecule has 0 atom stereocenters. The molecule has 0 N–H and O–H groups in total. The summed E-state index contributed by atoms with van der Waals surface area (Å²) in [4.78, 5) is 10.3. The standard InChI is InChI=1S/C38H30N6/c1-24-11-8-21-33-35(24)39-37-41(29-17-4-6-19-31(29)43(33)37)26-14-9-15-27(23-26)42-30-18-5-7-20-32(30)44-34-22-10-16-28(25-12-2-3-13-25)36(34)40-38(42)44/h4-11,14-23,25H,2-3,12-13H2,1H3/i1D3,25D. The lowest BCUT2D eigenvalue weighted by Gasteiger charge is -2.11. The molecule has 10 rings (SSSR count). The Balaban J connectivity index is 1.25. The number of para-hydroxylation sites is 6. The fourth-order valence-corrected chi connectivity index (χ4v) is 7.49. The number of fused-ring (bicyclic) bond motifs is 10. The lowest BCUT2D eigenvalue weighted by Crippen LogP contribution is -2.00. The maximum absolute atomic E-state index is 9.34. The molecule has 0 unspecified atom stereocenters. The van der Waals surface area contributed by atoms with E-state index in [1.807, 2.05) is 30.3 Å². The third kappa shape index (κ3) is 3.15. The highest BCUT2D eigenvalue weighted by Crippen LogP contribution is 2.39. The van der Waals surface area contributed by atoms with Crippen molar-refractivity contribution in [3.8, 4) is 11.4 Å². The minimum absolute atomic E-state index is 0.243. The second-order valence-electron chi connectivity index (χ2n) is 11.8. The van der Waals surface area contributed by atoms with Gasteiger partial charge >= 0.3 is 0 Å². The topological polar surface area (TPSA) is 44.5 Å². The van der Waals surface area contributed by atoms with E-state index in [-0.39, 0.29) is 5.56 Å². The Morgan fingerprint density at radius 3 is 1.75 bits per heavy atom. The van der Waals surface area contributed by atoms with Crippen molar-refractivity contribution in [3.05, 3.63) is 120 Å². The zero-order chi connectivity index (χ0) is 32.4. The van der Waals surface area contributed by atoms with E-state index in [4.69, 9.17) is 14.1 Å². The van der Waals surface area contributed by atoms with Crippen molar-refractivity contribution in [2.75, 3.05) is 0 Å². The highest BCUT2D eigenvalue weighted by molar-refractivity contribution is 5.95. The fraction of sp³-hybridized carbons (Fsp3) is 0.158. The van der Waals surface area contributed by atoms with Crippen LogP contribution in [0, 0.1) is 6.85 Å². The first-order chi connectivity index (χ1) is 23.3. The van der Waals surface area contributed by atoms with Crippen LogP contribution in [0.5, 0.6) is 0 Å². The minimum Gasteiger partial charge on any atom is -0.278 e. The molecule has 1 aliphatic rings. The average molecular weight is 575 g/mol.